The first-order valence-corrected chi connectivity index (χ1v) is 11.5. The van der Waals surface area contributed by atoms with E-state index in [1.807, 2.05) is 37.3 Å². The highest BCUT2D eigenvalue weighted by Gasteiger charge is 2.30. The highest BCUT2D eigenvalue weighted by atomic mass is 35.5. The Hall–Kier alpha value is -2.53. The van der Waals surface area contributed by atoms with Crippen LogP contribution in [0.15, 0.2) is 54.6 Å². The smallest absolute Gasteiger partial charge is 0.261 e. The largest absolute Gasteiger partial charge is 0.484 e. The van der Waals surface area contributed by atoms with Crippen molar-refractivity contribution in [3.05, 3.63) is 65.2 Å². The van der Waals surface area contributed by atoms with Gasteiger partial charge in [-0.3, -0.25) is 9.59 Å². The molecule has 0 unspecified atom stereocenters. The van der Waals surface area contributed by atoms with E-state index in [1.165, 1.54) is 0 Å². The third-order valence-electron chi connectivity index (χ3n) is 5.73. The van der Waals surface area contributed by atoms with Crippen LogP contribution >= 0.6 is 11.6 Å². The van der Waals surface area contributed by atoms with Crippen LogP contribution in [0.25, 0.3) is 0 Å². The number of hydrogen-bond donors (Lipinski definition) is 1. The van der Waals surface area contributed by atoms with Gasteiger partial charge in [-0.1, -0.05) is 67.8 Å². The lowest BCUT2D eigenvalue weighted by Crippen LogP contribution is -2.52. The maximum absolute atomic E-state index is 13.2. The summed E-state index contributed by atoms with van der Waals surface area (Å²) in [6.07, 6.45) is 5.54. The fourth-order valence-electron chi connectivity index (χ4n) is 4.05. The predicted molar refractivity (Wildman–Crippen MR) is 123 cm³/mol. The lowest BCUT2D eigenvalue weighted by molar-refractivity contribution is -0.142. The van der Waals surface area contributed by atoms with Gasteiger partial charge < -0.3 is 15.0 Å². The number of carbonyl (C=O) groups excluding carboxylic acids is 2. The molecule has 0 radical (unpaired) electrons. The van der Waals surface area contributed by atoms with E-state index in [1.54, 1.807) is 29.2 Å². The number of hydrogen-bond acceptors (Lipinski definition) is 3. The van der Waals surface area contributed by atoms with Gasteiger partial charge in [-0.25, -0.2) is 0 Å². The lowest BCUT2D eigenvalue weighted by atomic mass is 10.1. The number of benzene rings is 2. The lowest BCUT2D eigenvalue weighted by Gasteiger charge is -2.31. The summed E-state index contributed by atoms with van der Waals surface area (Å²) in [5.74, 6) is 0.259. The van der Waals surface area contributed by atoms with Gasteiger partial charge in [0.1, 0.15) is 11.8 Å². The second kappa shape index (κ2) is 11.8. The van der Waals surface area contributed by atoms with E-state index in [9.17, 15) is 9.59 Å². The summed E-state index contributed by atoms with van der Waals surface area (Å²) in [7, 11) is 0. The summed E-state index contributed by atoms with van der Waals surface area (Å²) in [5, 5.41) is 3.70. The fourth-order valence-corrected chi connectivity index (χ4v) is 4.23. The highest BCUT2D eigenvalue weighted by molar-refractivity contribution is 6.30. The number of carbonyl (C=O) groups is 2. The SMILES string of the molecule is CC[C@H](C(=O)NC1CCCC1)N(CCc1ccccc1)C(=O)COc1cccc(Cl)c1. The van der Waals surface area contributed by atoms with E-state index < -0.39 is 6.04 Å². The molecule has 6 heteroatoms. The van der Waals surface area contributed by atoms with E-state index >= 15 is 0 Å². The molecule has 0 saturated heterocycles. The minimum absolute atomic E-state index is 0.0708. The molecule has 5 nitrogen and oxygen atoms in total. The normalized spacial score (nSPS) is 14.8. The molecule has 166 valence electrons. The quantitative estimate of drug-likeness (QED) is 0.583. The van der Waals surface area contributed by atoms with E-state index in [0.29, 0.717) is 30.2 Å². The zero-order valence-corrected chi connectivity index (χ0v) is 18.8. The van der Waals surface area contributed by atoms with E-state index in [0.717, 1.165) is 31.2 Å². The zero-order chi connectivity index (χ0) is 22.1. The molecule has 1 atom stereocenters. The number of nitrogens with zero attached hydrogens (tertiary/aromatic N) is 1. The second-order valence-corrected chi connectivity index (χ2v) is 8.42. The van der Waals surface area contributed by atoms with Crippen molar-refractivity contribution in [2.45, 2.75) is 57.5 Å². The van der Waals surface area contributed by atoms with Crippen molar-refractivity contribution in [3.8, 4) is 5.75 Å². The Kier molecular flexibility index (Phi) is 8.77. The molecule has 2 aromatic carbocycles. The first-order valence-electron chi connectivity index (χ1n) is 11.1. The molecule has 0 bridgehead atoms. The Morgan fingerprint density at radius 3 is 2.55 bits per heavy atom. The summed E-state index contributed by atoms with van der Waals surface area (Å²) >= 11 is 6.01. The zero-order valence-electron chi connectivity index (χ0n) is 18.1. The summed E-state index contributed by atoms with van der Waals surface area (Å²) in [6, 6.07) is 16.7. The van der Waals surface area contributed by atoms with E-state index in [4.69, 9.17) is 16.3 Å². The molecule has 0 spiro atoms. The van der Waals surface area contributed by atoms with Crippen LogP contribution in [-0.2, 0) is 16.0 Å². The van der Waals surface area contributed by atoms with Crippen LogP contribution in [0.5, 0.6) is 5.75 Å². The van der Waals surface area contributed by atoms with Crippen LogP contribution in [0.3, 0.4) is 0 Å². The van der Waals surface area contributed by atoms with E-state index in [2.05, 4.69) is 5.32 Å². The van der Waals surface area contributed by atoms with Gasteiger partial charge in [-0.05, 0) is 49.4 Å². The molecule has 1 fully saturated rings. The molecule has 0 heterocycles. The molecule has 1 N–H and O–H groups in total. The maximum Gasteiger partial charge on any atom is 0.261 e. The monoisotopic (exact) mass is 442 g/mol. The molecular weight excluding hydrogens is 412 g/mol. The van der Waals surface area contributed by atoms with Crippen LogP contribution in [0, 0.1) is 0 Å². The molecule has 31 heavy (non-hydrogen) atoms. The Bertz CT molecular complexity index is 853. The van der Waals surface area contributed by atoms with Gasteiger partial charge >= 0.3 is 0 Å². The number of ether oxygens (including phenoxy) is 1. The summed E-state index contributed by atoms with van der Waals surface area (Å²) < 4.78 is 5.68. The minimum atomic E-state index is -0.514. The molecule has 0 aliphatic heterocycles. The van der Waals surface area contributed by atoms with Crippen LogP contribution in [0.2, 0.25) is 5.02 Å². The molecule has 1 aliphatic carbocycles. The second-order valence-electron chi connectivity index (χ2n) is 7.98. The molecule has 3 rings (SSSR count). The van der Waals surface area contributed by atoms with Gasteiger partial charge in [0.2, 0.25) is 5.91 Å². The highest BCUT2D eigenvalue weighted by Crippen LogP contribution is 2.20. The average molecular weight is 443 g/mol. The van der Waals surface area contributed by atoms with Crippen LogP contribution in [-0.4, -0.2) is 41.9 Å². The Morgan fingerprint density at radius 1 is 1.13 bits per heavy atom. The van der Waals surface area contributed by atoms with Gasteiger partial charge in [0.25, 0.3) is 5.91 Å². The van der Waals surface area contributed by atoms with Crippen molar-refractivity contribution in [1.29, 1.82) is 0 Å². The molecule has 1 saturated carbocycles. The first kappa shape index (κ1) is 23.1. The topological polar surface area (TPSA) is 58.6 Å². The van der Waals surface area contributed by atoms with Gasteiger partial charge in [-0.2, -0.15) is 0 Å². The Labute approximate surface area is 189 Å². The number of halogens is 1. The van der Waals surface area contributed by atoms with Crippen LogP contribution < -0.4 is 10.1 Å². The number of rotatable bonds is 10. The van der Waals surface area contributed by atoms with Crippen molar-refractivity contribution in [3.63, 3.8) is 0 Å². The number of nitrogens with one attached hydrogen (secondary N) is 1. The van der Waals surface area contributed by atoms with Gasteiger partial charge in [0.05, 0.1) is 0 Å². The van der Waals surface area contributed by atoms with Crippen LogP contribution in [0.4, 0.5) is 0 Å². The molecule has 2 aromatic rings. The van der Waals surface area contributed by atoms with Crippen molar-refractivity contribution < 1.29 is 14.3 Å². The number of amides is 2. The van der Waals surface area contributed by atoms with Gasteiger partial charge in [0.15, 0.2) is 6.61 Å². The molecule has 2 amide bonds. The summed E-state index contributed by atoms with van der Waals surface area (Å²) in [4.78, 5) is 27.9. The molecular formula is C25H31ClN2O3. The third kappa shape index (κ3) is 7.00. The third-order valence-corrected chi connectivity index (χ3v) is 5.97. The molecule has 0 aromatic heterocycles. The Morgan fingerprint density at radius 2 is 1.87 bits per heavy atom. The van der Waals surface area contributed by atoms with Gasteiger partial charge in [-0.15, -0.1) is 0 Å². The summed E-state index contributed by atoms with van der Waals surface area (Å²) in [6.45, 7) is 2.26. The Balaban J connectivity index is 1.69. The van der Waals surface area contributed by atoms with Crippen LogP contribution in [0.1, 0.15) is 44.6 Å². The summed E-state index contributed by atoms with van der Waals surface area (Å²) in [5.41, 5.74) is 1.13. The van der Waals surface area contributed by atoms with Crippen molar-refractivity contribution in [1.82, 2.24) is 10.2 Å². The fraction of sp³-hybridized carbons (Fsp3) is 0.440. The first-order chi connectivity index (χ1) is 15.1. The van der Waals surface area contributed by atoms with Crippen molar-refractivity contribution >= 4 is 23.4 Å². The van der Waals surface area contributed by atoms with Crippen molar-refractivity contribution in [2.24, 2.45) is 0 Å². The van der Waals surface area contributed by atoms with Crippen molar-refractivity contribution in [2.75, 3.05) is 13.2 Å². The molecule has 1 aliphatic rings. The predicted octanol–water partition coefficient (Wildman–Crippen LogP) is 4.63. The average Bonchev–Trinajstić information content (AvgIpc) is 3.28. The van der Waals surface area contributed by atoms with Gasteiger partial charge in [0, 0.05) is 17.6 Å². The van der Waals surface area contributed by atoms with E-state index in [-0.39, 0.29) is 24.5 Å². The minimum Gasteiger partial charge on any atom is -0.484 e. The maximum atomic E-state index is 13.2. The standard InChI is InChI=1S/C25H31ClN2O3/c1-2-23(25(30)27-21-12-6-7-13-21)28(16-15-19-9-4-3-5-10-19)24(29)18-31-22-14-8-11-20(26)17-22/h3-5,8-11,14,17,21,23H,2,6-7,12-13,15-16,18H2,1H3,(H,27,30)/t23-/m1/s1.